The van der Waals surface area contributed by atoms with Crippen molar-refractivity contribution in [2.75, 3.05) is 26.7 Å². The van der Waals surface area contributed by atoms with Gasteiger partial charge in [0.1, 0.15) is 6.61 Å². The van der Waals surface area contributed by atoms with E-state index < -0.39 is 0 Å². The lowest BCUT2D eigenvalue weighted by Crippen LogP contribution is -2.40. The van der Waals surface area contributed by atoms with E-state index >= 15 is 0 Å². The molecule has 2 aromatic carbocycles. The van der Waals surface area contributed by atoms with Gasteiger partial charge in [-0.15, -0.1) is 0 Å². The van der Waals surface area contributed by atoms with E-state index in [-0.39, 0.29) is 5.91 Å². The number of rotatable bonds is 8. The summed E-state index contributed by atoms with van der Waals surface area (Å²) in [6.45, 7) is 5.39. The van der Waals surface area contributed by atoms with Crippen LogP contribution in [0, 0.1) is 0 Å². The summed E-state index contributed by atoms with van der Waals surface area (Å²) in [6, 6.07) is 13.9. The molecule has 150 valence electrons. The van der Waals surface area contributed by atoms with Gasteiger partial charge in [0.15, 0.2) is 11.5 Å². The minimum Gasteiger partial charge on any atom is -0.493 e. The van der Waals surface area contributed by atoms with E-state index in [0.717, 1.165) is 25.1 Å². The van der Waals surface area contributed by atoms with Gasteiger partial charge < -0.3 is 14.8 Å². The largest absolute Gasteiger partial charge is 0.493 e. The van der Waals surface area contributed by atoms with E-state index in [1.54, 1.807) is 19.2 Å². The highest BCUT2D eigenvalue weighted by Gasteiger charge is 2.24. The Labute approximate surface area is 175 Å². The molecule has 0 aromatic heterocycles. The van der Waals surface area contributed by atoms with Crippen molar-refractivity contribution >= 4 is 21.8 Å². The van der Waals surface area contributed by atoms with Gasteiger partial charge >= 0.3 is 0 Å². The Kier molecular flexibility index (Phi) is 7.34. The van der Waals surface area contributed by atoms with Crippen LogP contribution in [0.5, 0.6) is 11.5 Å². The zero-order chi connectivity index (χ0) is 19.9. The summed E-state index contributed by atoms with van der Waals surface area (Å²) in [5.74, 6) is 1.03. The van der Waals surface area contributed by atoms with E-state index in [1.165, 1.54) is 6.42 Å². The second-order valence-corrected chi connectivity index (χ2v) is 7.75. The van der Waals surface area contributed by atoms with Crippen LogP contribution in [0.25, 0.3) is 0 Å². The molecule has 1 N–H and O–H groups in total. The van der Waals surface area contributed by atoms with Gasteiger partial charge in [-0.05, 0) is 59.6 Å². The fraction of sp³-hybridized carbons (Fsp3) is 0.409. The molecule has 0 aliphatic carbocycles. The van der Waals surface area contributed by atoms with Crippen LogP contribution in [0.15, 0.2) is 46.9 Å². The lowest BCUT2D eigenvalue weighted by Gasteiger charge is -2.23. The number of likely N-dealkylation sites (N-methyl/N-ethyl adjacent to an activating group) is 1. The number of amides is 1. The summed E-state index contributed by atoms with van der Waals surface area (Å²) < 4.78 is 12.1. The molecule has 1 heterocycles. The first-order valence-electron chi connectivity index (χ1n) is 9.69. The van der Waals surface area contributed by atoms with Crippen molar-refractivity contribution in [1.29, 1.82) is 0 Å². The van der Waals surface area contributed by atoms with E-state index in [0.29, 0.717) is 40.7 Å². The Morgan fingerprint density at radius 2 is 2.07 bits per heavy atom. The summed E-state index contributed by atoms with van der Waals surface area (Å²) in [7, 11) is 1.58. The van der Waals surface area contributed by atoms with Crippen molar-refractivity contribution < 1.29 is 14.3 Å². The first-order chi connectivity index (χ1) is 13.6. The van der Waals surface area contributed by atoms with Crippen molar-refractivity contribution in [1.82, 2.24) is 10.2 Å². The van der Waals surface area contributed by atoms with Crippen molar-refractivity contribution in [2.45, 2.75) is 32.4 Å². The molecule has 3 rings (SSSR count). The third kappa shape index (κ3) is 5.06. The average molecular weight is 447 g/mol. The third-order valence-corrected chi connectivity index (χ3v) is 5.71. The number of carbonyl (C=O) groups is 1. The molecule has 1 saturated heterocycles. The number of ether oxygens (including phenoxy) is 2. The predicted molar refractivity (Wildman–Crippen MR) is 114 cm³/mol. The molecular weight excluding hydrogens is 420 g/mol. The monoisotopic (exact) mass is 446 g/mol. The molecule has 1 aliphatic rings. The molecule has 0 spiro atoms. The number of likely N-dealkylation sites (tertiary alicyclic amines) is 1. The van der Waals surface area contributed by atoms with Gasteiger partial charge in [-0.2, -0.15) is 0 Å². The number of carbonyl (C=O) groups excluding carboxylic acids is 1. The van der Waals surface area contributed by atoms with Gasteiger partial charge in [0.25, 0.3) is 5.91 Å². The molecular formula is C22H27BrN2O3. The van der Waals surface area contributed by atoms with E-state index in [2.05, 4.69) is 33.1 Å². The molecule has 0 unspecified atom stereocenters. The molecule has 1 atom stereocenters. The van der Waals surface area contributed by atoms with Crippen molar-refractivity contribution in [3.05, 3.63) is 58.1 Å². The summed E-state index contributed by atoms with van der Waals surface area (Å²) >= 11 is 3.53. The average Bonchev–Trinajstić information content (AvgIpc) is 3.18. The fourth-order valence-corrected chi connectivity index (χ4v) is 4.13. The highest BCUT2D eigenvalue weighted by atomic mass is 79.9. The number of hydrogen-bond acceptors (Lipinski definition) is 4. The third-order valence-electron chi connectivity index (χ3n) is 5.12. The normalized spacial score (nSPS) is 16.8. The topological polar surface area (TPSA) is 50.8 Å². The Bertz CT molecular complexity index is 798. The van der Waals surface area contributed by atoms with E-state index in [9.17, 15) is 4.79 Å². The number of methoxy groups -OCH3 is 1. The molecule has 2 aromatic rings. The highest BCUT2D eigenvalue weighted by Crippen LogP contribution is 2.37. The predicted octanol–water partition coefficient (Wildman–Crippen LogP) is 4.25. The van der Waals surface area contributed by atoms with Crippen LogP contribution in [0.1, 0.15) is 35.7 Å². The van der Waals surface area contributed by atoms with Crippen LogP contribution >= 0.6 is 15.9 Å². The lowest BCUT2D eigenvalue weighted by atomic mass is 10.1. The Balaban J connectivity index is 1.67. The molecule has 28 heavy (non-hydrogen) atoms. The zero-order valence-corrected chi connectivity index (χ0v) is 18.0. The minimum absolute atomic E-state index is 0.100. The molecule has 6 heteroatoms. The summed E-state index contributed by atoms with van der Waals surface area (Å²) in [6.07, 6.45) is 2.33. The molecule has 1 fully saturated rings. The van der Waals surface area contributed by atoms with E-state index in [4.69, 9.17) is 9.47 Å². The van der Waals surface area contributed by atoms with Crippen LogP contribution in [0.4, 0.5) is 0 Å². The minimum atomic E-state index is -0.100. The second-order valence-electron chi connectivity index (χ2n) is 6.90. The maximum Gasteiger partial charge on any atom is 0.251 e. The maximum absolute atomic E-state index is 12.7. The standard InChI is InChI=1S/C22H27BrN2O3/c1-3-25-11-7-10-18(25)14-24-22(26)17-12-19(23)21(20(13-17)27-2)28-15-16-8-5-4-6-9-16/h4-6,8-9,12-13,18H,3,7,10-11,14-15H2,1-2H3,(H,24,26)/t18-/m1/s1. The lowest BCUT2D eigenvalue weighted by molar-refractivity contribution is 0.0941. The number of hydrogen-bond donors (Lipinski definition) is 1. The van der Waals surface area contributed by atoms with Gasteiger partial charge in [-0.3, -0.25) is 9.69 Å². The van der Waals surface area contributed by atoms with Crippen LogP contribution in [-0.4, -0.2) is 43.6 Å². The summed E-state index contributed by atoms with van der Waals surface area (Å²) in [5.41, 5.74) is 1.62. The van der Waals surface area contributed by atoms with Gasteiger partial charge in [-0.1, -0.05) is 37.3 Å². The SMILES string of the molecule is CCN1CCC[C@@H]1CNC(=O)c1cc(Br)c(OCc2ccccc2)c(OC)c1. The molecule has 1 amide bonds. The summed E-state index contributed by atoms with van der Waals surface area (Å²) in [5, 5.41) is 3.06. The Morgan fingerprint density at radius 3 is 2.79 bits per heavy atom. The molecule has 0 bridgehead atoms. The van der Waals surface area contributed by atoms with Crippen LogP contribution in [0.3, 0.4) is 0 Å². The van der Waals surface area contributed by atoms with E-state index in [1.807, 2.05) is 30.3 Å². The van der Waals surface area contributed by atoms with Crippen LogP contribution in [0.2, 0.25) is 0 Å². The summed E-state index contributed by atoms with van der Waals surface area (Å²) in [4.78, 5) is 15.1. The first-order valence-corrected chi connectivity index (χ1v) is 10.5. The van der Waals surface area contributed by atoms with Gasteiger partial charge in [0, 0.05) is 18.2 Å². The Hall–Kier alpha value is -2.05. The van der Waals surface area contributed by atoms with Gasteiger partial charge in [0.05, 0.1) is 11.6 Å². The Morgan fingerprint density at radius 1 is 1.29 bits per heavy atom. The van der Waals surface area contributed by atoms with Crippen molar-refractivity contribution in [3.63, 3.8) is 0 Å². The van der Waals surface area contributed by atoms with Crippen molar-refractivity contribution in [3.8, 4) is 11.5 Å². The quantitative estimate of drug-likeness (QED) is 0.658. The molecule has 1 aliphatic heterocycles. The molecule has 0 saturated carbocycles. The van der Waals surface area contributed by atoms with Crippen molar-refractivity contribution in [2.24, 2.45) is 0 Å². The molecule has 0 radical (unpaired) electrons. The number of nitrogens with one attached hydrogen (secondary N) is 1. The number of halogens is 1. The molecule has 5 nitrogen and oxygen atoms in total. The number of benzene rings is 2. The second kappa shape index (κ2) is 9.94. The van der Waals surface area contributed by atoms with Crippen LogP contribution in [-0.2, 0) is 6.61 Å². The van der Waals surface area contributed by atoms with Crippen LogP contribution < -0.4 is 14.8 Å². The fourth-order valence-electron chi connectivity index (χ4n) is 3.58. The number of nitrogens with zero attached hydrogens (tertiary/aromatic N) is 1. The highest BCUT2D eigenvalue weighted by molar-refractivity contribution is 9.10. The smallest absolute Gasteiger partial charge is 0.251 e. The van der Waals surface area contributed by atoms with Gasteiger partial charge in [-0.25, -0.2) is 0 Å². The zero-order valence-electron chi connectivity index (χ0n) is 16.4. The first kappa shape index (κ1) is 20.7. The van der Waals surface area contributed by atoms with Gasteiger partial charge in [0.2, 0.25) is 0 Å². The maximum atomic E-state index is 12.7.